The van der Waals surface area contributed by atoms with Crippen LogP contribution >= 0.6 is 0 Å². The third-order valence-electron chi connectivity index (χ3n) is 13.4. The third kappa shape index (κ3) is 14.4. The van der Waals surface area contributed by atoms with Crippen LogP contribution in [0.5, 0.6) is 0 Å². The van der Waals surface area contributed by atoms with Crippen LogP contribution in [0.15, 0.2) is 84.9 Å². The van der Waals surface area contributed by atoms with Crippen molar-refractivity contribution in [2.24, 2.45) is 23.7 Å². The molecule has 2 saturated carbocycles. The third-order valence-corrected chi connectivity index (χ3v) is 13.4. The van der Waals surface area contributed by atoms with E-state index in [9.17, 15) is 19.2 Å². The van der Waals surface area contributed by atoms with Crippen molar-refractivity contribution in [1.82, 2.24) is 5.32 Å². The van der Waals surface area contributed by atoms with Gasteiger partial charge >= 0.3 is 11.9 Å². The summed E-state index contributed by atoms with van der Waals surface area (Å²) in [6, 6.07) is 24.6. The van der Waals surface area contributed by atoms with Gasteiger partial charge in [-0.25, -0.2) is 9.59 Å². The Morgan fingerprint density at radius 3 is 1.49 bits per heavy atom. The number of benzene rings is 3. The van der Waals surface area contributed by atoms with E-state index in [2.05, 4.69) is 46.1 Å². The number of methoxy groups -OCH3 is 2. The molecule has 7 rings (SSSR count). The van der Waals surface area contributed by atoms with Gasteiger partial charge in [-0.1, -0.05) is 80.5 Å². The van der Waals surface area contributed by atoms with Crippen LogP contribution in [0.3, 0.4) is 0 Å². The molecule has 2 aliphatic heterocycles. The fourth-order valence-corrected chi connectivity index (χ4v) is 9.55. The first kappa shape index (κ1) is 47.3. The van der Waals surface area contributed by atoms with Crippen molar-refractivity contribution in [2.45, 2.75) is 96.8 Å². The second-order valence-corrected chi connectivity index (χ2v) is 17.9. The van der Waals surface area contributed by atoms with E-state index in [4.69, 9.17) is 4.74 Å². The summed E-state index contributed by atoms with van der Waals surface area (Å²) in [6.07, 6.45) is 21.7. The molecule has 3 aromatic rings. The maximum absolute atomic E-state index is 13.7. The van der Waals surface area contributed by atoms with Gasteiger partial charge < -0.3 is 29.5 Å². The lowest BCUT2D eigenvalue weighted by Gasteiger charge is -2.37. The Labute approximate surface area is 376 Å². The van der Waals surface area contributed by atoms with Crippen molar-refractivity contribution >= 4 is 53.0 Å². The average molecular weight is 859 g/mol. The van der Waals surface area contributed by atoms with Crippen molar-refractivity contribution in [3.05, 3.63) is 102 Å². The van der Waals surface area contributed by atoms with E-state index in [1.165, 1.54) is 50.5 Å². The lowest BCUT2D eigenvalue weighted by Crippen LogP contribution is -2.43. The number of nitrogens with one attached hydrogen (secondary N) is 1. The number of piperidine rings is 2. The van der Waals surface area contributed by atoms with Crippen molar-refractivity contribution in [1.29, 1.82) is 0 Å². The van der Waals surface area contributed by atoms with Gasteiger partial charge in [-0.3, -0.25) is 9.59 Å². The van der Waals surface area contributed by atoms with Gasteiger partial charge in [0.25, 0.3) is 0 Å². The van der Waals surface area contributed by atoms with Crippen molar-refractivity contribution < 1.29 is 28.7 Å². The van der Waals surface area contributed by atoms with Gasteiger partial charge in [-0.05, 0) is 143 Å². The van der Waals surface area contributed by atoms with Gasteiger partial charge in [0.15, 0.2) is 0 Å². The normalized spacial score (nSPS) is 18.1. The highest BCUT2D eigenvalue weighted by Crippen LogP contribution is 2.32. The molecular weight excluding hydrogens is 789 g/mol. The van der Waals surface area contributed by atoms with Crippen LogP contribution in [-0.4, -0.2) is 77.2 Å². The zero-order valence-corrected chi connectivity index (χ0v) is 38.0. The Kier molecular flexibility index (Phi) is 18.4. The molecule has 10 heteroatoms. The van der Waals surface area contributed by atoms with Crippen LogP contribution in [0.25, 0.3) is 12.2 Å². The second-order valence-electron chi connectivity index (χ2n) is 17.9. The topological polar surface area (TPSA) is 108 Å². The molecular formula is C53H70N4O6. The highest BCUT2D eigenvalue weighted by atomic mass is 16.5. The summed E-state index contributed by atoms with van der Waals surface area (Å²) < 4.78 is 9.39. The van der Waals surface area contributed by atoms with Crippen LogP contribution in [-0.2, 0) is 28.7 Å². The predicted octanol–water partition coefficient (Wildman–Crippen LogP) is 9.80. The van der Waals surface area contributed by atoms with Crippen molar-refractivity contribution in [3.8, 4) is 0 Å². The van der Waals surface area contributed by atoms with Gasteiger partial charge in [0.05, 0.1) is 14.2 Å². The Bertz CT molecular complexity index is 1990. The molecule has 2 saturated heterocycles. The number of hydrogen-bond donors (Lipinski definition) is 1. The number of carbonyl (C=O) groups excluding carboxylic acids is 4. The average Bonchev–Trinajstić information content (AvgIpc) is 3.34. The summed E-state index contributed by atoms with van der Waals surface area (Å²) in [4.78, 5) is 56.6. The number of amides is 2. The van der Waals surface area contributed by atoms with E-state index >= 15 is 0 Å². The van der Waals surface area contributed by atoms with Crippen LogP contribution < -0.4 is 20.0 Å². The number of aryl methyl sites for hydroxylation is 1. The number of hydrogen-bond acceptors (Lipinski definition) is 8. The Morgan fingerprint density at radius 2 is 1.05 bits per heavy atom. The molecule has 0 radical (unpaired) electrons. The fraction of sp³-hybridized carbons (Fsp3) is 0.509. The van der Waals surface area contributed by atoms with E-state index in [0.717, 1.165) is 139 Å². The van der Waals surface area contributed by atoms with Crippen LogP contribution in [0, 0.1) is 30.6 Å². The SMILES string of the molecule is COC(=O)/C=C/c1cccc(N(CC2CCN(c3ccc(C)cc3)CC2)C(=O)C2CCCCC2)c1.COC(=O)/C=C/c1cccc(N(CC2CCNCC2)C(=O)C2CCCCC2)c1. The molecule has 4 aliphatic rings. The molecule has 0 aromatic heterocycles. The smallest absolute Gasteiger partial charge is 0.330 e. The number of nitrogens with zero attached hydrogens (tertiary/aromatic N) is 3. The minimum atomic E-state index is -0.383. The number of rotatable bonds is 13. The minimum absolute atomic E-state index is 0.116. The Hall–Kier alpha value is -5.22. The number of ether oxygens (including phenoxy) is 2. The first-order valence-electron chi connectivity index (χ1n) is 23.6. The van der Waals surface area contributed by atoms with Gasteiger partial charge in [-0.2, -0.15) is 0 Å². The molecule has 338 valence electrons. The summed E-state index contributed by atoms with van der Waals surface area (Å²) in [5, 5.41) is 3.41. The van der Waals surface area contributed by atoms with Crippen LogP contribution in [0.1, 0.15) is 107 Å². The largest absolute Gasteiger partial charge is 0.466 e. The second kappa shape index (κ2) is 24.6. The first-order chi connectivity index (χ1) is 30.7. The van der Waals surface area contributed by atoms with Gasteiger partial charge in [-0.15, -0.1) is 0 Å². The van der Waals surface area contributed by atoms with Gasteiger partial charge in [0, 0.05) is 67.2 Å². The summed E-state index contributed by atoms with van der Waals surface area (Å²) in [6.45, 7) is 7.73. The fourth-order valence-electron chi connectivity index (χ4n) is 9.55. The number of carbonyl (C=O) groups is 4. The van der Waals surface area contributed by atoms with E-state index in [-0.39, 0.29) is 35.6 Å². The summed E-state index contributed by atoms with van der Waals surface area (Å²) in [5.74, 6) is 1.03. The molecule has 2 aliphatic carbocycles. The van der Waals surface area contributed by atoms with Gasteiger partial charge in [0.2, 0.25) is 11.8 Å². The number of esters is 2. The molecule has 2 heterocycles. The molecule has 10 nitrogen and oxygen atoms in total. The quantitative estimate of drug-likeness (QED) is 0.134. The molecule has 2 amide bonds. The highest BCUT2D eigenvalue weighted by molar-refractivity contribution is 5.96. The van der Waals surface area contributed by atoms with E-state index in [0.29, 0.717) is 11.8 Å². The van der Waals surface area contributed by atoms with E-state index < -0.39 is 0 Å². The van der Waals surface area contributed by atoms with E-state index in [1.54, 1.807) is 12.2 Å². The lowest BCUT2D eigenvalue weighted by atomic mass is 9.87. The molecule has 0 bridgehead atoms. The highest BCUT2D eigenvalue weighted by Gasteiger charge is 2.31. The Morgan fingerprint density at radius 1 is 0.603 bits per heavy atom. The Balaban J connectivity index is 0.000000215. The maximum Gasteiger partial charge on any atom is 0.330 e. The molecule has 0 atom stereocenters. The molecule has 63 heavy (non-hydrogen) atoms. The molecule has 0 unspecified atom stereocenters. The first-order valence-corrected chi connectivity index (χ1v) is 23.6. The molecule has 4 fully saturated rings. The predicted molar refractivity (Wildman–Crippen MR) is 255 cm³/mol. The zero-order chi connectivity index (χ0) is 44.4. The number of anilines is 3. The molecule has 0 spiro atoms. The van der Waals surface area contributed by atoms with Gasteiger partial charge in [0.1, 0.15) is 0 Å². The van der Waals surface area contributed by atoms with Crippen molar-refractivity contribution in [2.75, 3.05) is 68.2 Å². The van der Waals surface area contributed by atoms with Crippen LogP contribution in [0.4, 0.5) is 17.1 Å². The molecule has 1 N–H and O–H groups in total. The van der Waals surface area contributed by atoms with E-state index in [1.807, 2.05) is 58.3 Å². The standard InChI is InChI=1S/C30H38N2O3.C23H32N2O3/c1-23-11-14-27(15-12-23)31-19-17-25(18-20-31)22-32(30(34)26-8-4-3-5-9-26)28-10-6-7-24(21-28)13-16-29(33)35-2;1-28-22(26)11-10-18-6-5-9-21(16-18)25(17-19-12-14-24-15-13-19)23(27)20-7-3-2-4-8-20/h6-7,10-16,21,25-26H,3-5,8-9,17-20,22H2,1-2H3;5-6,9-11,16,19-20,24H,2-4,7-8,12-15,17H2,1H3/b16-13+;11-10+. The zero-order valence-electron chi connectivity index (χ0n) is 38.0. The summed E-state index contributed by atoms with van der Waals surface area (Å²) in [7, 11) is 2.74. The monoisotopic (exact) mass is 859 g/mol. The lowest BCUT2D eigenvalue weighted by molar-refractivity contribution is -0.135. The summed E-state index contributed by atoms with van der Waals surface area (Å²) in [5.41, 5.74) is 6.21. The molecule has 3 aromatic carbocycles. The van der Waals surface area contributed by atoms with Crippen LogP contribution in [0.2, 0.25) is 0 Å². The summed E-state index contributed by atoms with van der Waals surface area (Å²) >= 11 is 0. The maximum atomic E-state index is 13.7. The van der Waals surface area contributed by atoms with Crippen molar-refractivity contribution in [3.63, 3.8) is 0 Å². The minimum Gasteiger partial charge on any atom is -0.466 e.